The average Bonchev–Trinajstić information content (AvgIpc) is 3.16. The van der Waals surface area contributed by atoms with Crippen LogP contribution in [0.25, 0.3) is 22.1 Å². The van der Waals surface area contributed by atoms with Crippen molar-refractivity contribution in [3.63, 3.8) is 0 Å². The van der Waals surface area contributed by atoms with E-state index in [1.54, 1.807) is 12.1 Å². The molecular formula is C23H20O7. The molecule has 0 saturated heterocycles. The van der Waals surface area contributed by atoms with Crippen LogP contribution in [0.2, 0.25) is 0 Å². The van der Waals surface area contributed by atoms with E-state index in [4.69, 9.17) is 23.4 Å². The Morgan fingerprint density at radius 1 is 1.17 bits per heavy atom. The van der Waals surface area contributed by atoms with Crippen LogP contribution in [-0.2, 0) is 13.0 Å². The Kier molecular flexibility index (Phi) is 3.96. The molecule has 7 heteroatoms. The predicted molar refractivity (Wildman–Crippen MR) is 110 cm³/mol. The van der Waals surface area contributed by atoms with Crippen molar-refractivity contribution in [2.45, 2.75) is 26.1 Å². The monoisotopic (exact) mass is 408 g/mol. The van der Waals surface area contributed by atoms with Crippen LogP contribution >= 0.6 is 0 Å². The van der Waals surface area contributed by atoms with E-state index in [0.717, 1.165) is 11.1 Å². The average molecular weight is 408 g/mol. The molecule has 3 aromatic rings. The lowest BCUT2D eigenvalue weighted by Crippen LogP contribution is -2.16. The van der Waals surface area contributed by atoms with Crippen molar-refractivity contribution in [2.75, 3.05) is 14.2 Å². The summed E-state index contributed by atoms with van der Waals surface area (Å²) in [7, 11) is 3.05. The summed E-state index contributed by atoms with van der Waals surface area (Å²) in [4.78, 5) is 13.5. The molecule has 154 valence electrons. The molecule has 0 amide bonds. The fourth-order valence-electron chi connectivity index (χ4n) is 4.07. The number of phenolic OH excluding ortho intramolecular Hbond substituents is 1. The van der Waals surface area contributed by atoms with Crippen molar-refractivity contribution >= 4 is 11.0 Å². The molecule has 7 nitrogen and oxygen atoms in total. The third-order valence-corrected chi connectivity index (χ3v) is 5.60. The first-order valence-corrected chi connectivity index (χ1v) is 9.48. The number of methoxy groups -OCH3 is 2. The van der Waals surface area contributed by atoms with Gasteiger partial charge in [0, 0.05) is 29.7 Å². The maximum absolute atomic E-state index is 13.5. The van der Waals surface area contributed by atoms with Crippen LogP contribution in [0.5, 0.6) is 28.7 Å². The fraction of sp³-hybridized carbons (Fsp3) is 0.261. The normalized spacial score (nSPS) is 16.2. The molecule has 3 heterocycles. The van der Waals surface area contributed by atoms with E-state index in [0.29, 0.717) is 51.9 Å². The number of phenols is 1. The molecule has 0 aliphatic carbocycles. The molecular weight excluding hydrogens is 388 g/mol. The second-order valence-corrected chi connectivity index (χ2v) is 7.45. The van der Waals surface area contributed by atoms with Crippen molar-refractivity contribution in [3.8, 4) is 39.9 Å². The van der Waals surface area contributed by atoms with Gasteiger partial charge in [-0.25, -0.2) is 0 Å². The summed E-state index contributed by atoms with van der Waals surface area (Å²) < 4.78 is 28.5. The first kappa shape index (κ1) is 18.4. The van der Waals surface area contributed by atoms with Gasteiger partial charge in [-0.15, -0.1) is 0 Å². The van der Waals surface area contributed by atoms with Crippen molar-refractivity contribution in [1.29, 1.82) is 0 Å². The minimum Gasteiger partial charge on any atom is -0.507 e. The summed E-state index contributed by atoms with van der Waals surface area (Å²) in [5.74, 6) is 2.14. The zero-order chi connectivity index (χ0) is 21.2. The number of benzene rings is 2. The maximum atomic E-state index is 13.5. The SMILES string of the molecule is C=C(C)[C@@H]1Cc2c(cc(O)c3c(=O)c4c(oc23)COc2cc(OC)c(OC)cc2-4)O1. The Bertz CT molecular complexity index is 1290. The van der Waals surface area contributed by atoms with E-state index in [-0.39, 0.29) is 29.3 Å². The lowest BCUT2D eigenvalue weighted by Gasteiger charge is -2.22. The molecule has 30 heavy (non-hydrogen) atoms. The van der Waals surface area contributed by atoms with Crippen molar-refractivity contribution in [1.82, 2.24) is 0 Å². The number of ether oxygens (including phenoxy) is 4. The summed E-state index contributed by atoms with van der Waals surface area (Å²) in [5.41, 5.74) is 2.47. The quantitative estimate of drug-likeness (QED) is 0.657. The van der Waals surface area contributed by atoms with Gasteiger partial charge in [-0.2, -0.15) is 0 Å². The number of fused-ring (bicyclic) bond motifs is 6. The van der Waals surface area contributed by atoms with Gasteiger partial charge in [-0.1, -0.05) is 6.58 Å². The van der Waals surface area contributed by atoms with Crippen LogP contribution in [0.4, 0.5) is 0 Å². The van der Waals surface area contributed by atoms with Gasteiger partial charge >= 0.3 is 0 Å². The van der Waals surface area contributed by atoms with Gasteiger partial charge in [0.15, 0.2) is 17.3 Å². The largest absolute Gasteiger partial charge is 0.507 e. The molecule has 0 radical (unpaired) electrons. The molecule has 0 spiro atoms. The van der Waals surface area contributed by atoms with Gasteiger partial charge < -0.3 is 28.5 Å². The number of rotatable bonds is 3. The van der Waals surface area contributed by atoms with E-state index < -0.39 is 0 Å². The lowest BCUT2D eigenvalue weighted by atomic mass is 9.96. The highest BCUT2D eigenvalue weighted by molar-refractivity contribution is 5.93. The summed E-state index contributed by atoms with van der Waals surface area (Å²) in [6.45, 7) is 5.90. The van der Waals surface area contributed by atoms with Crippen LogP contribution < -0.4 is 24.4 Å². The second kappa shape index (κ2) is 6.45. The van der Waals surface area contributed by atoms with Crippen LogP contribution in [0.15, 0.2) is 39.6 Å². The van der Waals surface area contributed by atoms with E-state index >= 15 is 0 Å². The molecule has 0 fully saturated rings. The third-order valence-electron chi connectivity index (χ3n) is 5.60. The molecule has 0 saturated carbocycles. The first-order chi connectivity index (χ1) is 14.4. The van der Waals surface area contributed by atoms with Crippen LogP contribution in [-0.4, -0.2) is 25.4 Å². The molecule has 2 aliphatic heterocycles. The lowest BCUT2D eigenvalue weighted by molar-refractivity contribution is 0.264. The molecule has 0 bridgehead atoms. The highest BCUT2D eigenvalue weighted by atomic mass is 16.5. The maximum Gasteiger partial charge on any atom is 0.204 e. The molecule has 2 aliphatic rings. The van der Waals surface area contributed by atoms with E-state index in [2.05, 4.69) is 6.58 Å². The smallest absolute Gasteiger partial charge is 0.204 e. The minimum absolute atomic E-state index is 0.0815. The van der Waals surface area contributed by atoms with Crippen LogP contribution in [0.1, 0.15) is 18.2 Å². The summed E-state index contributed by atoms with van der Waals surface area (Å²) in [6, 6.07) is 4.83. The highest BCUT2D eigenvalue weighted by Gasteiger charge is 2.32. The van der Waals surface area contributed by atoms with Crippen molar-refractivity contribution in [2.24, 2.45) is 0 Å². The molecule has 1 atom stereocenters. The third kappa shape index (κ3) is 2.48. The molecule has 1 aromatic heterocycles. The topological polar surface area (TPSA) is 87.4 Å². The predicted octanol–water partition coefficient (Wildman–Crippen LogP) is 3.95. The van der Waals surface area contributed by atoms with Gasteiger partial charge in [0.1, 0.15) is 40.9 Å². The Labute approximate surface area is 172 Å². The van der Waals surface area contributed by atoms with E-state index in [1.165, 1.54) is 20.3 Å². The van der Waals surface area contributed by atoms with Gasteiger partial charge in [0.05, 0.1) is 19.8 Å². The van der Waals surface area contributed by atoms with Gasteiger partial charge in [-0.05, 0) is 18.6 Å². The van der Waals surface area contributed by atoms with Crippen molar-refractivity contribution < 1.29 is 28.5 Å². The Morgan fingerprint density at radius 2 is 1.90 bits per heavy atom. The Morgan fingerprint density at radius 3 is 2.60 bits per heavy atom. The van der Waals surface area contributed by atoms with Gasteiger partial charge in [0.25, 0.3) is 0 Å². The highest BCUT2D eigenvalue weighted by Crippen LogP contribution is 2.46. The number of hydrogen-bond acceptors (Lipinski definition) is 7. The summed E-state index contributed by atoms with van der Waals surface area (Å²) in [6.07, 6.45) is 0.297. The summed E-state index contributed by atoms with van der Waals surface area (Å²) in [5, 5.41) is 10.8. The summed E-state index contributed by atoms with van der Waals surface area (Å²) >= 11 is 0. The molecule has 5 rings (SSSR count). The number of aromatic hydroxyl groups is 1. The van der Waals surface area contributed by atoms with Crippen LogP contribution in [0.3, 0.4) is 0 Å². The van der Waals surface area contributed by atoms with E-state index in [1.807, 2.05) is 6.92 Å². The molecule has 1 N–H and O–H groups in total. The second-order valence-electron chi connectivity index (χ2n) is 7.45. The van der Waals surface area contributed by atoms with E-state index in [9.17, 15) is 9.90 Å². The molecule has 0 unspecified atom stereocenters. The fourth-order valence-corrected chi connectivity index (χ4v) is 4.07. The van der Waals surface area contributed by atoms with Crippen LogP contribution in [0, 0.1) is 0 Å². The van der Waals surface area contributed by atoms with Crippen molar-refractivity contribution in [3.05, 3.63) is 51.9 Å². The van der Waals surface area contributed by atoms with Gasteiger partial charge in [-0.3, -0.25) is 4.79 Å². The Balaban J connectivity index is 1.79. The number of hydrogen-bond donors (Lipinski definition) is 1. The Hall–Kier alpha value is -3.61. The zero-order valence-electron chi connectivity index (χ0n) is 16.8. The first-order valence-electron chi connectivity index (χ1n) is 9.48. The minimum atomic E-state index is -0.331. The zero-order valence-corrected chi connectivity index (χ0v) is 16.8. The van der Waals surface area contributed by atoms with Gasteiger partial charge in [0.2, 0.25) is 5.43 Å². The molecule has 2 aromatic carbocycles. The standard InChI is InChI=1S/C23H20O7/c1-10(2)14-6-12-16(29-14)7-13(24)21-22(25)20-11-5-17(26-3)18(27-4)8-15(11)28-9-19(20)30-23(12)21/h5,7-8,14,24H,1,6,9H2,2-4H3/t14-/m0/s1.